The van der Waals surface area contributed by atoms with Gasteiger partial charge in [-0.25, -0.2) is 0 Å². The highest BCUT2D eigenvalue weighted by molar-refractivity contribution is 5.35. The minimum absolute atomic E-state index is 0.0705. The van der Waals surface area contributed by atoms with Crippen LogP contribution in [0.25, 0.3) is 0 Å². The van der Waals surface area contributed by atoms with Gasteiger partial charge in [-0.1, -0.05) is 60.7 Å². The number of benzene rings is 2. The Balaban J connectivity index is 2.47. The van der Waals surface area contributed by atoms with Gasteiger partial charge in [0.05, 0.1) is 6.67 Å². The Labute approximate surface area is 101 Å². The Morgan fingerprint density at radius 3 is 1.59 bits per heavy atom. The Kier molecular flexibility index (Phi) is 3.55. The number of hydrogen-bond acceptors (Lipinski definition) is 1. The Morgan fingerprint density at radius 2 is 1.24 bits per heavy atom. The fourth-order valence-electron chi connectivity index (χ4n) is 2.02. The lowest BCUT2D eigenvalue weighted by Gasteiger charge is -2.28. The number of alkyl halides is 1. The highest BCUT2D eigenvalue weighted by atomic mass is 19.1. The van der Waals surface area contributed by atoms with E-state index in [9.17, 15) is 9.50 Å². The van der Waals surface area contributed by atoms with Gasteiger partial charge in [0.25, 0.3) is 0 Å². The molecule has 0 radical (unpaired) electrons. The third-order valence-corrected chi connectivity index (χ3v) is 2.96. The van der Waals surface area contributed by atoms with E-state index in [0.29, 0.717) is 0 Å². The maximum Gasteiger partial charge on any atom is 0.117 e. The molecular weight excluding hydrogens is 215 g/mol. The molecule has 1 nitrogen and oxygen atoms in total. The molecule has 0 aliphatic heterocycles. The Bertz CT molecular complexity index is 413. The summed E-state index contributed by atoms with van der Waals surface area (Å²) in [5.74, 6) is 0. The van der Waals surface area contributed by atoms with Crippen molar-refractivity contribution in [3.05, 3.63) is 71.8 Å². The minimum atomic E-state index is -1.24. The Morgan fingerprint density at radius 1 is 0.824 bits per heavy atom. The molecule has 2 aromatic carbocycles. The molecule has 2 aromatic rings. The van der Waals surface area contributed by atoms with E-state index in [-0.39, 0.29) is 6.42 Å². The molecule has 2 heteroatoms. The Hall–Kier alpha value is -1.67. The summed E-state index contributed by atoms with van der Waals surface area (Å²) in [6.07, 6.45) is 0.0705. The van der Waals surface area contributed by atoms with Gasteiger partial charge in [-0.15, -0.1) is 0 Å². The third-order valence-electron chi connectivity index (χ3n) is 2.96. The molecule has 0 bridgehead atoms. The summed E-state index contributed by atoms with van der Waals surface area (Å²) in [5.41, 5.74) is 0.213. The van der Waals surface area contributed by atoms with E-state index in [0.717, 1.165) is 11.1 Å². The predicted octanol–water partition coefficient (Wildman–Crippen LogP) is 3.28. The molecule has 0 unspecified atom stereocenters. The van der Waals surface area contributed by atoms with Gasteiger partial charge in [-0.3, -0.25) is 4.39 Å². The van der Waals surface area contributed by atoms with Crippen LogP contribution in [0.4, 0.5) is 4.39 Å². The SMILES string of the molecule is OC(CCF)(c1ccccc1)c1ccccc1. The van der Waals surface area contributed by atoms with Crippen molar-refractivity contribution in [1.82, 2.24) is 0 Å². The molecule has 2 rings (SSSR count). The highest BCUT2D eigenvalue weighted by Crippen LogP contribution is 2.32. The topological polar surface area (TPSA) is 20.2 Å². The van der Waals surface area contributed by atoms with Crippen LogP contribution in [0.2, 0.25) is 0 Å². The van der Waals surface area contributed by atoms with Gasteiger partial charge in [-0.05, 0) is 11.1 Å². The fourth-order valence-corrected chi connectivity index (χ4v) is 2.02. The van der Waals surface area contributed by atoms with E-state index < -0.39 is 12.3 Å². The van der Waals surface area contributed by atoms with Crippen LogP contribution in [0, 0.1) is 0 Å². The average Bonchev–Trinajstić information content (AvgIpc) is 2.41. The zero-order valence-corrected chi connectivity index (χ0v) is 9.51. The van der Waals surface area contributed by atoms with Crippen LogP contribution in [0.5, 0.6) is 0 Å². The van der Waals surface area contributed by atoms with Gasteiger partial charge in [0, 0.05) is 6.42 Å². The first kappa shape index (κ1) is 11.8. The third kappa shape index (κ3) is 2.37. The maximum atomic E-state index is 12.7. The van der Waals surface area contributed by atoms with E-state index in [1.807, 2.05) is 60.7 Å². The minimum Gasteiger partial charge on any atom is -0.380 e. The summed E-state index contributed by atoms with van der Waals surface area (Å²) in [6, 6.07) is 18.4. The van der Waals surface area contributed by atoms with Crippen molar-refractivity contribution in [3.8, 4) is 0 Å². The van der Waals surface area contributed by atoms with Gasteiger partial charge in [0.2, 0.25) is 0 Å². The van der Waals surface area contributed by atoms with E-state index in [1.54, 1.807) is 0 Å². The van der Waals surface area contributed by atoms with Gasteiger partial charge >= 0.3 is 0 Å². The monoisotopic (exact) mass is 230 g/mol. The molecule has 0 saturated carbocycles. The summed E-state index contributed by atoms with van der Waals surface area (Å²) in [7, 11) is 0. The molecule has 1 N–H and O–H groups in total. The van der Waals surface area contributed by atoms with Crippen molar-refractivity contribution < 1.29 is 9.50 Å². The van der Waals surface area contributed by atoms with Crippen molar-refractivity contribution in [1.29, 1.82) is 0 Å². The van der Waals surface area contributed by atoms with E-state index in [4.69, 9.17) is 0 Å². The maximum absolute atomic E-state index is 12.7. The fraction of sp³-hybridized carbons (Fsp3) is 0.200. The van der Waals surface area contributed by atoms with Crippen LogP contribution in [0.3, 0.4) is 0 Å². The van der Waals surface area contributed by atoms with Crippen LogP contribution >= 0.6 is 0 Å². The van der Waals surface area contributed by atoms with Crippen LogP contribution in [0.15, 0.2) is 60.7 Å². The number of rotatable bonds is 4. The molecule has 0 fully saturated rings. The van der Waals surface area contributed by atoms with Gasteiger partial charge in [0.1, 0.15) is 5.60 Å². The van der Waals surface area contributed by atoms with E-state index >= 15 is 0 Å². The van der Waals surface area contributed by atoms with Crippen LogP contribution < -0.4 is 0 Å². The average molecular weight is 230 g/mol. The van der Waals surface area contributed by atoms with Crippen LogP contribution in [0.1, 0.15) is 17.5 Å². The first-order valence-corrected chi connectivity index (χ1v) is 5.67. The molecule has 0 heterocycles. The predicted molar refractivity (Wildman–Crippen MR) is 66.5 cm³/mol. The molecule has 0 aliphatic rings. The molecule has 0 spiro atoms. The highest BCUT2D eigenvalue weighted by Gasteiger charge is 2.30. The summed E-state index contributed by atoms with van der Waals surface area (Å²) in [6.45, 7) is -0.555. The van der Waals surface area contributed by atoms with Gasteiger partial charge in [-0.2, -0.15) is 0 Å². The van der Waals surface area contributed by atoms with E-state index in [2.05, 4.69) is 0 Å². The standard InChI is InChI=1S/C15H15FO/c16-12-11-15(17,13-7-3-1-4-8-13)14-9-5-2-6-10-14/h1-10,17H,11-12H2. The van der Waals surface area contributed by atoms with Crippen molar-refractivity contribution >= 4 is 0 Å². The molecule has 0 atom stereocenters. The van der Waals surface area contributed by atoms with Gasteiger partial charge < -0.3 is 5.11 Å². The first-order chi connectivity index (χ1) is 8.27. The second kappa shape index (κ2) is 5.11. The smallest absolute Gasteiger partial charge is 0.117 e. The molecule has 0 saturated heterocycles. The lowest BCUT2D eigenvalue weighted by atomic mass is 9.84. The van der Waals surface area contributed by atoms with Crippen molar-refractivity contribution in [2.24, 2.45) is 0 Å². The van der Waals surface area contributed by atoms with Gasteiger partial charge in [0.15, 0.2) is 0 Å². The first-order valence-electron chi connectivity index (χ1n) is 5.67. The summed E-state index contributed by atoms with van der Waals surface area (Å²) in [4.78, 5) is 0. The number of aliphatic hydroxyl groups is 1. The zero-order valence-electron chi connectivity index (χ0n) is 9.51. The van der Waals surface area contributed by atoms with E-state index in [1.165, 1.54) is 0 Å². The number of halogens is 1. The van der Waals surface area contributed by atoms with Crippen molar-refractivity contribution in [2.45, 2.75) is 12.0 Å². The van der Waals surface area contributed by atoms with Crippen LogP contribution in [-0.4, -0.2) is 11.8 Å². The number of hydrogen-bond donors (Lipinski definition) is 1. The largest absolute Gasteiger partial charge is 0.380 e. The second-order valence-corrected chi connectivity index (χ2v) is 4.03. The molecule has 17 heavy (non-hydrogen) atoms. The molecular formula is C15H15FO. The lowest BCUT2D eigenvalue weighted by molar-refractivity contribution is 0.0633. The molecule has 88 valence electrons. The summed E-state index contributed by atoms with van der Waals surface area (Å²) in [5, 5.41) is 10.7. The van der Waals surface area contributed by atoms with Crippen molar-refractivity contribution in [3.63, 3.8) is 0 Å². The molecule has 0 aromatic heterocycles. The summed E-state index contributed by atoms with van der Waals surface area (Å²) < 4.78 is 12.7. The van der Waals surface area contributed by atoms with Crippen LogP contribution in [-0.2, 0) is 5.60 Å². The molecule has 0 aliphatic carbocycles. The quantitative estimate of drug-likeness (QED) is 0.854. The zero-order chi connectivity index (χ0) is 12.1. The lowest BCUT2D eigenvalue weighted by Crippen LogP contribution is -2.27. The normalized spacial score (nSPS) is 11.4. The molecule has 0 amide bonds. The summed E-state index contributed by atoms with van der Waals surface area (Å²) >= 11 is 0. The second-order valence-electron chi connectivity index (χ2n) is 4.03. The van der Waals surface area contributed by atoms with Crippen molar-refractivity contribution in [2.75, 3.05) is 6.67 Å².